The van der Waals surface area contributed by atoms with Crippen molar-refractivity contribution >= 4 is 18.0 Å². The molecule has 8 heteroatoms. The van der Waals surface area contributed by atoms with Crippen LogP contribution in [0.5, 0.6) is 0 Å². The van der Waals surface area contributed by atoms with E-state index in [9.17, 15) is 19.5 Å². The molecule has 1 saturated carbocycles. The van der Waals surface area contributed by atoms with Crippen molar-refractivity contribution in [2.45, 2.75) is 62.4 Å². The Morgan fingerprint density at radius 2 is 1.57 bits per heavy atom. The van der Waals surface area contributed by atoms with Crippen LogP contribution in [0.2, 0.25) is 0 Å². The average Bonchev–Trinajstić information content (AvgIpc) is 3.16. The fourth-order valence-corrected chi connectivity index (χ4v) is 5.36. The number of benzene rings is 2. The van der Waals surface area contributed by atoms with Gasteiger partial charge in [0.2, 0.25) is 5.91 Å². The monoisotopic (exact) mass is 480 g/mol. The summed E-state index contributed by atoms with van der Waals surface area (Å²) in [5.41, 5.74) is 3.75. The van der Waals surface area contributed by atoms with Crippen LogP contribution in [0.3, 0.4) is 0 Å². The Labute approximate surface area is 204 Å². The number of ether oxygens (including phenoxy) is 1. The van der Waals surface area contributed by atoms with Crippen molar-refractivity contribution in [3.63, 3.8) is 0 Å². The number of aliphatic carboxylic acids is 1. The molecule has 0 aliphatic heterocycles. The van der Waals surface area contributed by atoms with E-state index in [0.29, 0.717) is 12.8 Å². The van der Waals surface area contributed by atoms with Gasteiger partial charge in [-0.2, -0.15) is 0 Å². The lowest BCUT2D eigenvalue weighted by Gasteiger charge is -2.37. The third kappa shape index (κ3) is 5.65. The number of carbonyl (C=O) groups is 3. The van der Waals surface area contributed by atoms with E-state index in [4.69, 9.17) is 9.84 Å². The van der Waals surface area contributed by atoms with Gasteiger partial charge in [-0.25, -0.2) is 9.59 Å². The molecule has 2 amide bonds. The predicted molar refractivity (Wildman–Crippen MR) is 130 cm³/mol. The van der Waals surface area contributed by atoms with Crippen LogP contribution < -0.4 is 10.6 Å². The zero-order chi connectivity index (χ0) is 24.8. The summed E-state index contributed by atoms with van der Waals surface area (Å²) in [7, 11) is 0. The molecular weight excluding hydrogens is 448 g/mol. The van der Waals surface area contributed by atoms with Crippen LogP contribution in [0.15, 0.2) is 48.5 Å². The van der Waals surface area contributed by atoms with Crippen molar-refractivity contribution in [3.05, 3.63) is 59.7 Å². The van der Waals surface area contributed by atoms with Gasteiger partial charge in [0, 0.05) is 25.4 Å². The summed E-state index contributed by atoms with van der Waals surface area (Å²) in [6.07, 6.45) is 3.27. The highest BCUT2D eigenvalue weighted by atomic mass is 16.5. The van der Waals surface area contributed by atoms with Gasteiger partial charge < -0.3 is 25.6 Å². The number of carboxylic acid groups (broad SMARTS) is 1. The molecule has 1 fully saturated rings. The SMILES string of the molecule is O=C(CC1(NC(=O)OCC2c3ccccc3-c3ccccc32)CCCCC1)N[C@H](CCO)C(=O)O. The number of rotatable bonds is 9. The number of amides is 2. The van der Waals surface area contributed by atoms with Gasteiger partial charge in [0.05, 0.1) is 5.54 Å². The molecule has 0 radical (unpaired) electrons. The molecule has 35 heavy (non-hydrogen) atoms. The fourth-order valence-electron chi connectivity index (χ4n) is 5.36. The number of alkyl carbamates (subject to hydrolysis) is 1. The van der Waals surface area contributed by atoms with Gasteiger partial charge in [0.15, 0.2) is 0 Å². The minimum Gasteiger partial charge on any atom is -0.480 e. The second kappa shape index (κ2) is 10.9. The summed E-state index contributed by atoms with van der Waals surface area (Å²) in [5, 5.41) is 23.8. The van der Waals surface area contributed by atoms with E-state index >= 15 is 0 Å². The van der Waals surface area contributed by atoms with E-state index in [1.54, 1.807) is 0 Å². The first kappa shape index (κ1) is 24.7. The number of carbonyl (C=O) groups excluding carboxylic acids is 2. The second-order valence-electron chi connectivity index (χ2n) is 9.44. The van der Waals surface area contributed by atoms with Gasteiger partial charge in [-0.3, -0.25) is 4.79 Å². The molecule has 186 valence electrons. The smallest absolute Gasteiger partial charge is 0.407 e. The summed E-state index contributed by atoms with van der Waals surface area (Å²) in [6, 6.07) is 15.1. The van der Waals surface area contributed by atoms with Gasteiger partial charge >= 0.3 is 12.1 Å². The Morgan fingerprint density at radius 1 is 0.971 bits per heavy atom. The third-order valence-electron chi connectivity index (χ3n) is 7.07. The molecule has 0 saturated heterocycles. The first-order valence-corrected chi connectivity index (χ1v) is 12.2. The maximum Gasteiger partial charge on any atom is 0.407 e. The minimum absolute atomic E-state index is 0.0353. The average molecular weight is 481 g/mol. The highest BCUT2D eigenvalue weighted by molar-refractivity contribution is 5.85. The van der Waals surface area contributed by atoms with E-state index in [-0.39, 0.29) is 32.0 Å². The molecule has 2 aliphatic carbocycles. The zero-order valence-electron chi connectivity index (χ0n) is 19.7. The van der Waals surface area contributed by atoms with E-state index in [1.807, 2.05) is 24.3 Å². The summed E-state index contributed by atoms with van der Waals surface area (Å²) in [4.78, 5) is 36.9. The summed E-state index contributed by atoms with van der Waals surface area (Å²) in [6.45, 7) is -0.167. The van der Waals surface area contributed by atoms with E-state index in [2.05, 4.69) is 34.9 Å². The van der Waals surface area contributed by atoms with Crippen molar-refractivity contribution < 1.29 is 29.3 Å². The molecule has 2 aromatic carbocycles. The molecule has 2 aromatic rings. The molecule has 2 aliphatic rings. The van der Waals surface area contributed by atoms with Crippen molar-refractivity contribution in [2.24, 2.45) is 0 Å². The van der Waals surface area contributed by atoms with Crippen molar-refractivity contribution in [1.82, 2.24) is 10.6 Å². The van der Waals surface area contributed by atoms with Gasteiger partial charge in [-0.15, -0.1) is 0 Å². The molecular formula is C27H32N2O6. The largest absolute Gasteiger partial charge is 0.480 e. The van der Waals surface area contributed by atoms with Crippen LogP contribution in [-0.4, -0.2) is 53.0 Å². The number of hydrogen-bond acceptors (Lipinski definition) is 5. The van der Waals surface area contributed by atoms with Crippen molar-refractivity contribution in [1.29, 1.82) is 0 Å². The predicted octanol–water partition coefficient (Wildman–Crippen LogP) is 3.57. The number of fused-ring (bicyclic) bond motifs is 3. The molecule has 4 rings (SSSR count). The fraction of sp³-hybridized carbons (Fsp3) is 0.444. The van der Waals surface area contributed by atoms with Crippen molar-refractivity contribution in [3.8, 4) is 11.1 Å². The van der Waals surface area contributed by atoms with E-state index in [0.717, 1.165) is 41.5 Å². The molecule has 1 atom stereocenters. The summed E-state index contributed by atoms with van der Waals surface area (Å²) >= 11 is 0. The second-order valence-corrected chi connectivity index (χ2v) is 9.44. The van der Waals surface area contributed by atoms with Crippen molar-refractivity contribution in [2.75, 3.05) is 13.2 Å². The maximum atomic E-state index is 12.9. The Balaban J connectivity index is 1.41. The normalized spacial score (nSPS) is 17.1. The van der Waals surface area contributed by atoms with Gasteiger partial charge in [0.1, 0.15) is 12.6 Å². The number of carboxylic acids is 1. The maximum absolute atomic E-state index is 12.9. The molecule has 8 nitrogen and oxygen atoms in total. The lowest BCUT2D eigenvalue weighted by molar-refractivity contribution is -0.142. The lowest BCUT2D eigenvalue weighted by atomic mass is 9.79. The first-order chi connectivity index (χ1) is 16.9. The molecule has 0 heterocycles. The summed E-state index contributed by atoms with van der Waals surface area (Å²) < 4.78 is 5.70. The third-order valence-corrected chi connectivity index (χ3v) is 7.07. The highest BCUT2D eigenvalue weighted by Gasteiger charge is 2.38. The molecule has 0 spiro atoms. The van der Waals surface area contributed by atoms with Crippen LogP contribution in [0.1, 0.15) is 62.0 Å². The van der Waals surface area contributed by atoms with Crippen LogP contribution in [-0.2, 0) is 14.3 Å². The topological polar surface area (TPSA) is 125 Å². The minimum atomic E-state index is -1.20. The van der Waals surface area contributed by atoms with Crippen LogP contribution >= 0.6 is 0 Å². The standard InChI is InChI=1S/C27H32N2O6/c30-15-12-23(25(32)33)28-24(31)16-27(13-6-1-7-14-27)29-26(34)35-17-22-20-10-4-2-8-18(20)19-9-3-5-11-21(19)22/h2-5,8-11,22-23,30H,1,6-7,12-17H2,(H,28,31)(H,29,34)(H,32,33)/t23-/m1/s1. The van der Waals surface area contributed by atoms with Gasteiger partial charge in [0.25, 0.3) is 0 Å². The summed E-state index contributed by atoms with van der Waals surface area (Å²) in [5.74, 6) is -1.73. The zero-order valence-corrected chi connectivity index (χ0v) is 19.7. The highest BCUT2D eigenvalue weighted by Crippen LogP contribution is 2.44. The number of aliphatic hydroxyl groups excluding tert-OH is 1. The Morgan fingerprint density at radius 3 is 2.14 bits per heavy atom. The number of nitrogens with one attached hydrogen (secondary N) is 2. The molecule has 0 unspecified atom stereocenters. The Bertz CT molecular complexity index is 1030. The molecule has 0 bridgehead atoms. The molecule has 4 N–H and O–H groups in total. The van der Waals surface area contributed by atoms with Crippen LogP contribution in [0.4, 0.5) is 4.79 Å². The van der Waals surface area contributed by atoms with Gasteiger partial charge in [-0.1, -0.05) is 67.8 Å². The quantitative estimate of drug-likeness (QED) is 0.435. The Hall–Kier alpha value is -3.39. The van der Waals surface area contributed by atoms with Crippen LogP contribution in [0, 0.1) is 0 Å². The Kier molecular flexibility index (Phi) is 7.70. The van der Waals surface area contributed by atoms with E-state index in [1.165, 1.54) is 0 Å². The molecule has 0 aromatic heterocycles. The first-order valence-electron chi connectivity index (χ1n) is 12.2. The van der Waals surface area contributed by atoms with Gasteiger partial charge in [-0.05, 0) is 35.1 Å². The number of hydrogen-bond donors (Lipinski definition) is 4. The lowest BCUT2D eigenvalue weighted by Crippen LogP contribution is -2.54. The van der Waals surface area contributed by atoms with Crippen LogP contribution in [0.25, 0.3) is 11.1 Å². The van der Waals surface area contributed by atoms with E-state index < -0.39 is 29.6 Å². The number of aliphatic hydroxyl groups is 1.